The molecule has 1 aromatic carbocycles. The Morgan fingerprint density at radius 3 is 2.56 bits per heavy atom. The van der Waals surface area contributed by atoms with Gasteiger partial charge >= 0.3 is 0 Å². The summed E-state index contributed by atoms with van der Waals surface area (Å²) in [7, 11) is 0. The standard InChI is InChI=1S/C8H3Cl2N3O2S/c9-5-1-4(2-6(3-5)13(14)15)7-11-12-8(10)16-7/h1-3H. The molecule has 0 spiro atoms. The topological polar surface area (TPSA) is 68.9 Å². The first-order chi connectivity index (χ1) is 7.56. The van der Waals surface area contributed by atoms with Crippen molar-refractivity contribution in [3.63, 3.8) is 0 Å². The number of nitrogens with zero attached hydrogens (tertiary/aromatic N) is 3. The van der Waals surface area contributed by atoms with E-state index < -0.39 is 4.92 Å². The number of halogens is 2. The number of hydrogen-bond donors (Lipinski definition) is 0. The van der Waals surface area contributed by atoms with Gasteiger partial charge in [-0.2, -0.15) is 0 Å². The van der Waals surface area contributed by atoms with Crippen LogP contribution in [0.4, 0.5) is 5.69 Å². The Bertz CT molecular complexity index is 558. The van der Waals surface area contributed by atoms with Gasteiger partial charge in [0.05, 0.1) is 4.92 Å². The summed E-state index contributed by atoms with van der Waals surface area (Å²) >= 11 is 12.5. The first kappa shape index (κ1) is 11.3. The average Bonchev–Trinajstić information content (AvgIpc) is 2.64. The molecule has 0 N–H and O–H groups in total. The Morgan fingerprint density at radius 1 is 1.25 bits per heavy atom. The number of hydrogen-bond acceptors (Lipinski definition) is 5. The number of rotatable bonds is 2. The van der Waals surface area contributed by atoms with Crippen LogP contribution in [0.25, 0.3) is 10.6 Å². The van der Waals surface area contributed by atoms with Crippen LogP contribution in [0, 0.1) is 10.1 Å². The maximum atomic E-state index is 10.6. The Balaban J connectivity index is 2.53. The summed E-state index contributed by atoms with van der Waals surface area (Å²) in [5.74, 6) is 0. The molecular weight excluding hydrogens is 273 g/mol. The van der Waals surface area contributed by atoms with Gasteiger partial charge in [0.2, 0.25) is 4.47 Å². The monoisotopic (exact) mass is 275 g/mol. The molecule has 0 saturated carbocycles. The van der Waals surface area contributed by atoms with Gasteiger partial charge in [-0.15, -0.1) is 10.2 Å². The third kappa shape index (κ3) is 2.29. The lowest BCUT2D eigenvalue weighted by Gasteiger charge is -1.97. The molecule has 0 amide bonds. The van der Waals surface area contributed by atoms with Crippen LogP contribution in [0.3, 0.4) is 0 Å². The SMILES string of the molecule is O=[N+]([O-])c1cc(Cl)cc(-c2nnc(Cl)s2)c1. The van der Waals surface area contributed by atoms with Crippen LogP contribution in [-0.4, -0.2) is 15.1 Å². The van der Waals surface area contributed by atoms with E-state index in [9.17, 15) is 10.1 Å². The molecule has 0 radical (unpaired) electrons. The van der Waals surface area contributed by atoms with Crippen molar-refractivity contribution < 1.29 is 4.92 Å². The molecular formula is C8H3Cl2N3O2S. The summed E-state index contributed by atoms with van der Waals surface area (Å²) in [5.41, 5.74) is 0.442. The maximum absolute atomic E-state index is 10.6. The van der Waals surface area contributed by atoms with E-state index in [-0.39, 0.29) is 15.2 Å². The number of aromatic nitrogens is 2. The minimum absolute atomic E-state index is 0.0891. The zero-order valence-corrected chi connectivity index (χ0v) is 9.88. The summed E-state index contributed by atoms with van der Waals surface area (Å²) in [4.78, 5) is 10.1. The lowest BCUT2D eigenvalue weighted by molar-refractivity contribution is -0.384. The number of benzene rings is 1. The molecule has 0 aliphatic carbocycles. The molecule has 0 aliphatic heterocycles. The molecule has 2 rings (SSSR count). The van der Waals surface area contributed by atoms with Gasteiger partial charge in [-0.3, -0.25) is 10.1 Å². The van der Waals surface area contributed by atoms with Crippen LogP contribution in [-0.2, 0) is 0 Å². The minimum atomic E-state index is -0.516. The van der Waals surface area contributed by atoms with E-state index >= 15 is 0 Å². The average molecular weight is 276 g/mol. The molecule has 0 bridgehead atoms. The molecule has 82 valence electrons. The van der Waals surface area contributed by atoms with Crippen molar-refractivity contribution in [3.05, 3.63) is 37.8 Å². The van der Waals surface area contributed by atoms with E-state index in [1.807, 2.05) is 0 Å². The Labute approximate surface area is 104 Å². The molecule has 0 aliphatic rings. The van der Waals surface area contributed by atoms with Crippen LogP contribution < -0.4 is 0 Å². The van der Waals surface area contributed by atoms with Gasteiger partial charge in [0.1, 0.15) is 5.01 Å². The van der Waals surface area contributed by atoms with E-state index in [0.29, 0.717) is 10.6 Å². The molecule has 2 aromatic rings. The second kappa shape index (κ2) is 4.32. The van der Waals surface area contributed by atoms with Crippen molar-refractivity contribution in [2.24, 2.45) is 0 Å². The van der Waals surface area contributed by atoms with Gasteiger partial charge in [0, 0.05) is 22.7 Å². The summed E-state index contributed by atoms with van der Waals surface area (Å²) in [6.07, 6.45) is 0. The molecule has 0 unspecified atom stereocenters. The van der Waals surface area contributed by atoms with Gasteiger partial charge in [0.15, 0.2) is 0 Å². The van der Waals surface area contributed by atoms with Gasteiger partial charge in [-0.25, -0.2) is 0 Å². The number of non-ortho nitro benzene ring substituents is 1. The van der Waals surface area contributed by atoms with E-state index in [1.54, 1.807) is 6.07 Å². The first-order valence-electron chi connectivity index (χ1n) is 4.00. The van der Waals surface area contributed by atoms with Gasteiger partial charge in [0.25, 0.3) is 5.69 Å². The highest BCUT2D eigenvalue weighted by Crippen LogP contribution is 2.31. The van der Waals surface area contributed by atoms with Gasteiger partial charge < -0.3 is 0 Å². The van der Waals surface area contributed by atoms with Crippen molar-refractivity contribution in [2.75, 3.05) is 0 Å². The third-order valence-electron chi connectivity index (χ3n) is 1.74. The Hall–Kier alpha value is -1.24. The smallest absolute Gasteiger partial charge is 0.258 e. The van der Waals surface area contributed by atoms with Crippen molar-refractivity contribution >= 4 is 40.2 Å². The lowest BCUT2D eigenvalue weighted by atomic mass is 10.2. The van der Waals surface area contributed by atoms with Crippen LogP contribution in [0.15, 0.2) is 18.2 Å². The fraction of sp³-hybridized carbons (Fsp3) is 0. The highest BCUT2D eigenvalue weighted by atomic mass is 35.5. The molecule has 1 aromatic heterocycles. The van der Waals surface area contributed by atoms with Gasteiger partial charge in [-0.05, 0) is 17.7 Å². The zero-order valence-electron chi connectivity index (χ0n) is 7.55. The summed E-state index contributed by atoms with van der Waals surface area (Å²) in [6.45, 7) is 0. The molecule has 1 heterocycles. The largest absolute Gasteiger partial charge is 0.271 e. The Morgan fingerprint density at radius 2 is 2.00 bits per heavy atom. The predicted octanol–water partition coefficient (Wildman–Crippen LogP) is 3.42. The van der Waals surface area contributed by atoms with E-state index in [2.05, 4.69) is 10.2 Å². The molecule has 5 nitrogen and oxygen atoms in total. The number of nitro benzene ring substituents is 1. The Kier molecular flexibility index (Phi) is 3.04. The second-order valence-corrected chi connectivity index (χ2v) is 4.81. The molecule has 0 fully saturated rings. The van der Waals surface area contributed by atoms with E-state index in [0.717, 1.165) is 11.3 Å². The van der Waals surface area contributed by atoms with Crippen LogP contribution in [0.1, 0.15) is 0 Å². The predicted molar refractivity (Wildman–Crippen MR) is 62.0 cm³/mol. The second-order valence-electron chi connectivity index (χ2n) is 2.82. The van der Waals surface area contributed by atoms with E-state index in [4.69, 9.17) is 23.2 Å². The highest BCUT2D eigenvalue weighted by Gasteiger charge is 2.12. The van der Waals surface area contributed by atoms with Crippen molar-refractivity contribution in [1.82, 2.24) is 10.2 Å². The van der Waals surface area contributed by atoms with E-state index in [1.165, 1.54) is 12.1 Å². The molecule has 0 atom stereocenters. The third-order valence-corrected chi connectivity index (χ3v) is 3.03. The lowest BCUT2D eigenvalue weighted by Crippen LogP contribution is -1.88. The summed E-state index contributed by atoms with van der Waals surface area (Å²) in [6, 6.07) is 4.22. The molecule has 0 saturated heterocycles. The summed E-state index contributed by atoms with van der Waals surface area (Å²) < 4.78 is 0.276. The fourth-order valence-corrected chi connectivity index (χ4v) is 2.17. The van der Waals surface area contributed by atoms with Crippen molar-refractivity contribution in [1.29, 1.82) is 0 Å². The van der Waals surface area contributed by atoms with Crippen LogP contribution in [0.5, 0.6) is 0 Å². The normalized spacial score (nSPS) is 10.4. The minimum Gasteiger partial charge on any atom is -0.258 e. The van der Waals surface area contributed by atoms with Crippen molar-refractivity contribution in [2.45, 2.75) is 0 Å². The fourth-order valence-electron chi connectivity index (χ4n) is 1.13. The maximum Gasteiger partial charge on any atom is 0.271 e. The van der Waals surface area contributed by atoms with Crippen LogP contribution in [0.2, 0.25) is 9.49 Å². The quantitative estimate of drug-likeness (QED) is 0.622. The molecule has 8 heteroatoms. The van der Waals surface area contributed by atoms with Crippen molar-refractivity contribution in [3.8, 4) is 10.6 Å². The number of nitro groups is 1. The summed E-state index contributed by atoms with van der Waals surface area (Å²) in [5, 5.41) is 18.8. The zero-order chi connectivity index (χ0) is 11.7. The first-order valence-corrected chi connectivity index (χ1v) is 5.58. The highest BCUT2D eigenvalue weighted by molar-refractivity contribution is 7.18. The van der Waals surface area contributed by atoms with Crippen LogP contribution >= 0.6 is 34.5 Å². The molecule has 16 heavy (non-hydrogen) atoms. The van der Waals surface area contributed by atoms with Gasteiger partial charge in [-0.1, -0.05) is 22.9 Å².